The van der Waals surface area contributed by atoms with Crippen molar-refractivity contribution in [2.24, 2.45) is 0 Å². The lowest BCUT2D eigenvalue weighted by Crippen LogP contribution is -2.26. The Balaban J connectivity index is 1.47. The van der Waals surface area contributed by atoms with Gasteiger partial charge in [0, 0.05) is 25.0 Å². The van der Waals surface area contributed by atoms with E-state index in [0.717, 1.165) is 11.3 Å². The maximum atomic E-state index is 12.9. The van der Waals surface area contributed by atoms with Crippen molar-refractivity contribution < 1.29 is 13.2 Å². The molecule has 4 aromatic rings. The molecule has 7 nitrogen and oxygen atoms in total. The molecule has 0 aliphatic carbocycles. The predicted molar refractivity (Wildman–Crippen MR) is 123 cm³/mol. The van der Waals surface area contributed by atoms with Crippen LogP contribution in [-0.4, -0.2) is 35.2 Å². The van der Waals surface area contributed by atoms with E-state index in [2.05, 4.69) is 10.3 Å². The molecule has 0 unspecified atom stereocenters. The lowest BCUT2D eigenvalue weighted by atomic mass is 10.2. The maximum absolute atomic E-state index is 12.9. The molecule has 1 amide bonds. The van der Waals surface area contributed by atoms with Gasteiger partial charge in [0.1, 0.15) is 5.69 Å². The van der Waals surface area contributed by atoms with Gasteiger partial charge in [-0.05, 0) is 42.0 Å². The van der Waals surface area contributed by atoms with Gasteiger partial charge in [0.15, 0.2) is 0 Å². The number of para-hydroxylation sites is 1. The zero-order valence-electron chi connectivity index (χ0n) is 17.4. The van der Waals surface area contributed by atoms with Gasteiger partial charge < -0.3 is 5.32 Å². The third-order valence-electron chi connectivity index (χ3n) is 4.97. The van der Waals surface area contributed by atoms with E-state index in [1.54, 1.807) is 30.1 Å². The third kappa shape index (κ3) is 4.61. The quantitative estimate of drug-likeness (QED) is 0.466. The summed E-state index contributed by atoms with van der Waals surface area (Å²) in [6.07, 6.45) is 3.06. The molecule has 32 heavy (non-hydrogen) atoms. The largest absolute Gasteiger partial charge is 0.321 e. The minimum Gasteiger partial charge on any atom is -0.321 e. The van der Waals surface area contributed by atoms with Crippen LogP contribution in [-0.2, 0) is 16.6 Å². The van der Waals surface area contributed by atoms with Gasteiger partial charge in [-0.1, -0.05) is 48.5 Å². The number of imidazole rings is 1. The first-order chi connectivity index (χ1) is 15.4. The van der Waals surface area contributed by atoms with E-state index < -0.39 is 10.0 Å². The average molecular weight is 447 g/mol. The van der Waals surface area contributed by atoms with Crippen LogP contribution in [0.5, 0.6) is 0 Å². The Morgan fingerprint density at radius 1 is 0.938 bits per heavy atom. The number of hydrogen-bond donors (Lipinski definition) is 1. The number of nitrogens with one attached hydrogen (secondary N) is 1. The first-order valence-electron chi connectivity index (χ1n) is 9.94. The van der Waals surface area contributed by atoms with Crippen LogP contribution in [0.2, 0.25) is 0 Å². The molecule has 1 N–H and O–H groups in total. The molecule has 0 saturated carbocycles. The lowest BCUT2D eigenvalue weighted by molar-refractivity contribution is 0.102. The van der Waals surface area contributed by atoms with Crippen LogP contribution in [0.3, 0.4) is 0 Å². The molecule has 3 aromatic carbocycles. The van der Waals surface area contributed by atoms with E-state index in [0.29, 0.717) is 11.4 Å². The van der Waals surface area contributed by atoms with Crippen LogP contribution < -0.4 is 5.32 Å². The molecule has 0 spiro atoms. The summed E-state index contributed by atoms with van der Waals surface area (Å²) >= 11 is 0. The smallest absolute Gasteiger partial charge is 0.274 e. The van der Waals surface area contributed by atoms with E-state index in [9.17, 15) is 13.2 Å². The predicted octanol–water partition coefficient (Wildman–Crippen LogP) is 3.95. The number of nitrogens with zero attached hydrogens (tertiary/aromatic N) is 3. The Labute approximate surface area is 187 Å². The molecular weight excluding hydrogens is 424 g/mol. The molecule has 0 aliphatic heterocycles. The van der Waals surface area contributed by atoms with Crippen molar-refractivity contribution in [1.82, 2.24) is 13.9 Å². The van der Waals surface area contributed by atoms with Crippen LogP contribution in [0.15, 0.2) is 102 Å². The van der Waals surface area contributed by atoms with Gasteiger partial charge in [-0.25, -0.2) is 13.4 Å². The standard InChI is InChI=1S/C24H22N4O3S/c1-27(17-19-8-4-2-5-9-19)32(30,31)22-14-12-20(13-15-22)26-24(29)23-16-25-18-28(23)21-10-6-3-7-11-21/h2-16,18H,17H2,1H3,(H,26,29). The Morgan fingerprint density at radius 2 is 1.56 bits per heavy atom. The maximum Gasteiger partial charge on any atom is 0.274 e. The van der Waals surface area contributed by atoms with Crippen molar-refractivity contribution in [3.05, 3.63) is 109 Å². The van der Waals surface area contributed by atoms with Gasteiger partial charge in [0.25, 0.3) is 5.91 Å². The highest BCUT2D eigenvalue weighted by molar-refractivity contribution is 7.89. The molecule has 0 aliphatic rings. The SMILES string of the molecule is CN(Cc1ccccc1)S(=O)(=O)c1ccc(NC(=O)c2cncn2-c2ccccc2)cc1. The number of benzene rings is 3. The van der Waals surface area contributed by atoms with Gasteiger partial charge in [0.2, 0.25) is 10.0 Å². The minimum atomic E-state index is -3.66. The summed E-state index contributed by atoms with van der Waals surface area (Å²) in [7, 11) is -2.12. The molecule has 0 radical (unpaired) electrons. The van der Waals surface area contributed by atoms with E-state index in [-0.39, 0.29) is 17.3 Å². The topological polar surface area (TPSA) is 84.3 Å². The Bertz CT molecular complexity index is 1300. The number of carbonyl (C=O) groups is 1. The molecule has 0 saturated heterocycles. The Kier molecular flexibility index (Phi) is 6.16. The monoisotopic (exact) mass is 446 g/mol. The molecule has 8 heteroatoms. The molecule has 0 fully saturated rings. The first kappa shape index (κ1) is 21.5. The summed E-state index contributed by atoms with van der Waals surface area (Å²) in [6.45, 7) is 0.269. The fourth-order valence-corrected chi connectivity index (χ4v) is 4.43. The molecule has 4 rings (SSSR count). The Morgan fingerprint density at radius 3 is 2.22 bits per heavy atom. The minimum absolute atomic E-state index is 0.156. The number of amides is 1. The summed E-state index contributed by atoms with van der Waals surface area (Å²) < 4.78 is 28.8. The fourth-order valence-electron chi connectivity index (χ4n) is 3.27. The lowest BCUT2D eigenvalue weighted by Gasteiger charge is -2.17. The Hall–Kier alpha value is -3.75. The number of rotatable bonds is 7. The summed E-state index contributed by atoms with van der Waals surface area (Å²) in [5.41, 5.74) is 2.58. The summed E-state index contributed by atoms with van der Waals surface area (Å²) in [5, 5.41) is 2.79. The van der Waals surface area contributed by atoms with Crippen LogP contribution >= 0.6 is 0 Å². The van der Waals surface area contributed by atoms with Crippen LogP contribution in [0.4, 0.5) is 5.69 Å². The van der Waals surface area contributed by atoms with E-state index in [1.165, 1.54) is 22.6 Å². The second-order valence-electron chi connectivity index (χ2n) is 7.21. The molecule has 0 atom stereocenters. The fraction of sp³-hybridized carbons (Fsp3) is 0.0833. The van der Waals surface area contributed by atoms with Gasteiger partial charge >= 0.3 is 0 Å². The molecule has 1 aromatic heterocycles. The van der Waals surface area contributed by atoms with Crippen molar-refractivity contribution in [3.63, 3.8) is 0 Å². The van der Waals surface area contributed by atoms with Gasteiger partial charge in [0.05, 0.1) is 17.4 Å². The number of sulfonamides is 1. The highest BCUT2D eigenvalue weighted by Gasteiger charge is 2.21. The van der Waals surface area contributed by atoms with Gasteiger partial charge in [-0.15, -0.1) is 0 Å². The van der Waals surface area contributed by atoms with Crippen LogP contribution in [0, 0.1) is 0 Å². The van der Waals surface area contributed by atoms with Crippen molar-refractivity contribution in [2.75, 3.05) is 12.4 Å². The number of carbonyl (C=O) groups excluding carboxylic acids is 1. The van der Waals surface area contributed by atoms with Crippen LogP contribution in [0.25, 0.3) is 5.69 Å². The second-order valence-corrected chi connectivity index (χ2v) is 9.25. The average Bonchev–Trinajstić information content (AvgIpc) is 3.31. The highest BCUT2D eigenvalue weighted by atomic mass is 32.2. The summed E-state index contributed by atoms with van der Waals surface area (Å²) in [5.74, 6) is -0.344. The van der Waals surface area contributed by atoms with Crippen molar-refractivity contribution in [2.45, 2.75) is 11.4 Å². The summed E-state index contributed by atoms with van der Waals surface area (Å²) in [6, 6.07) is 24.9. The molecule has 0 bridgehead atoms. The number of anilines is 1. The molecule has 162 valence electrons. The highest BCUT2D eigenvalue weighted by Crippen LogP contribution is 2.20. The molecular formula is C24H22N4O3S. The van der Waals surface area contributed by atoms with Crippen molar-refractivity contribution in [1.29, 1.82) is 0 Å². The van der Waals surface area contributed by atoms with Crippen molar-refractivity contribution in [3.8, 4) is 5.69 Å². The van der Waals surface area contributed by atoms with E-state index in [1.807, 2.05) is 60.7 Å². The van der Waals surface area contributed by atoms with E-state index >= 15 is 0 Å². The van der Waals surface area contributed by atoms with Crippen molar-refractivity contribution >= 4 is 21.6 Å². The molecule has 1 heterocycles. The zero-order chi connectivity index (χ0) is 22.6. The number of aromatic nitrogens is 2. The van der Waals surface area contributed by atoms with Gasteiger partial charge in [-0.2, -0.15) is 4.31 Å². The van der Waals surface area contributed by atoms with Gasteiger partial charge in [-0.3, -0.25) is 9.36 Å². The normalized spacial score (nSPS) is 11.4. The van der Waals surface area contributed by atoms with Crippen LogP contribution in [0.1, 0.15) is 16.1 Å². The third-order valence-corrected chi connectivity index (χ3v) is 6.79. The second kappa shape index (κ2) is 9.17. The summed E-state index contributed by atoms with van der Waals surface area (Å²) in [4.78, 5) is 17.0. The number of hydrogen-bond acceptors (Lipinski definition) is 4. The zero-order valence-corrected chi connectivity index (χ0v) is 18.2. The first-order valence-corrected chi connectivity index (χ1v) is 11.4. The van der Waals surface area contributed by atoms with E-state index in [4.69, 9.17) is 0 Å².